The number of aromatic nitrogens is 2. The van der Waals surface area contributed by atoms with Gasteiger partial charge in [0.2, 0.25) is 11.9 Å². The molecule has 1 heterocycles. The average molecular weight is 432 g/mol. The maximum Gasteiger partial charge on any atom is 0.229 e. The van der Waals surface area contributed by atoms with Gasteiger partial charge in [-0.25, -0.2) is 9.37 Å². The fraction of sp³-hybridized carbons (Fsp3) is 0.240. The lowest BCUT2D eigenvalue weighted by atomic mass is 10.1. The average Bonchev–Trinajstić information content (AvgIpc) is 3.16. The van der Waals surface area contributed by atoms with E-state index in [-0.39, 0.29) is 11.7 Å². The van der Waals surface area contributed by atoms with E-state index in [2.05, 4.69) is 20.6 Å². The van der Waals surface area contributed by atoms with Crippen LogP contribution in [0.25, 0.3) is 6.08 Å². The summed E-state index contributed by atoms with van der Waals surface area (Å²) in [5.41, 5.74) is 5.04. The van der Waals surface area contributed by atoms with Crippen molar-refractivity contribution in [3.8, 4) is 0 Å². The zero-order valence-electron chi connectivity index (χ0n) is 18.4. The van der Waals surface area contributed by atoms with Crippen molar-refractivity contribution in [2.45, 2.75) is 26.2 Å². The Morgan fingerprint density at radius 1 is 1.16 bits per heavy atom. The van der Waals surface area contributed by atoms with Crippen LogP contribution in [0.3, 0.4) is 0 Å². The van der Waals surface area contributed by atoms with E-state index in [0.717, 1.165) is 28.8 Å². The Labute approximate surface area is 187 Å². The predicted molar refractivity (Wildman–Crippen MR) is 126 cm³/mol. The summed E-state index contributed by atoms with van der Waals surface area (Å²) in [6.07, 6.45) is 5.40. The van der Waals surface area contributed by atoms with Crippen molar-refractivity contribution < 1.29 is 9.18 Å². The SMILES string of the molecule is CC1=Cc2c(ccc(Nc3ccnc(Nc4cccc(CCC(=O)N(C)C)c4)n3)c2F)C1. The summed E-state index contributed by atoms with van der Waals surface area (Å²) < 4.78 is 14.9. The van der Waals surface area contributed by atoms with E-state index in [4.69, 9.17) is 0 Å². The highest BCUT2D eigenvalue weighted by Crippen LogP contribution is 2.32. The number of benzene rings is 2. The van der Waals surface area contributed by atoms with Crippen molar-refractivity contribution in [3.63, 3.8) is 0 Å². The molecule has 1 aromatic heterocycles. The summed E-state index contributed by atoms with van der Waals surface area (Å²) >= 11 is 0. The summed E-state index contributed by atoms with van der Waals surface area (Å²) in [4.78, 5) is 22.2. The quantitative estimate of drug-likeness (QED) is 0.546. The normalized spacial score (nSPS) is 12.2. The van der Waals surface area contributed by atoms with Gasteiger partial charge in [-0.15, -0.1) is 0 Å². The number of rotatable bonds is 7. The van der Waals surface area contributed by atoms with Gasteiger partial charge in [-0.3, -0.25) is 4.79 Å². The Kier molecular flexibility index (Phi) is 6.16. The molecule has 3 aromatic rings. The van der Waals surface area contributed by atoms with Crippen molar-refractivity contribution in [3.05, 3.63) is 76.7 Å². The molecule has 0 saturated carbocycles. The molecule has 1 amide bonds. The van der Waals surface area contributed by atoms with Gasteiger partial charge in [-0.2, -0.15) is 4.98 Å². The Balaban J connectivity index is 1.46. The minimum Gasteiger partial charge on any atom is -0.349 e. The van der Waals surface area contributed by atoms with Crippen LogP contribution in [0, 0.1) is 5.82 Å². The molecule has 0 bridgehead atoms. The standard InChI is InChI=1S/C25H26FN5O/c1-16-13-18-8-9-21(24(26)20(18)14-16)29-22-11-12-27-25(30-22)28-19-6-4-5-17(15-19)7-10-23(32)31(2)3/h4-6,8-9,11-12,14-15H,7,10,13H2,1-3H3,(H2,27,28,29,30). The smallest absolute Gasteiger partial charge is 0.229 e. The Morgan fingerprint density at radius 3 is 2.81 bits per heavy atom. The van der Waals surface area contributed by atoms with Crippen LogP contribution in [0.15, 0.2) is 54.2 Å². The molecule has 2 aromatic carbocycles. The van der Waals surface area contributed by atoms with Gasteiger partial charge in [-0.1, -0.05) is 29.8 Å². The highest BCUT2D eigenvalue weighted by molar-refractivity contribution is 5.76. The molecule has 1 aliphatic rings. The number of hydrogen-bond acceptors (Lipinski definition) is 5. The third-order valence-electron chi connectivity index (χ3n) is 5.36. The van der Waals surface area contributed by atoms with Gasteiger partial charge in [0.1, 0.15) is 5.82 Å². The van der Waals surface area contributed by atoms with Crippen LogP contribution < -0.4 is 10.6 Å². The zero-order valence-corrected chi connectivity index (χ0v) is 18.4. The lowest BCUT2D eigenvalue weighted by Crippen LogP contribution is -2.21. The topological polar surface area (TPSA) is 70.2 Å². The fourth-order valence-electron chi connectivity index (χ4n) is 3.67. The summed E-state index contributed by atoms with van der Waals surface area (Å²) in [7, 11) is 3.51. The van der Waals surface area contributed by atoms with Crippen molar-refractivity contribution in [1.82, 2.24) is 14.9 Å². The number of halogens is 1. The molecule has 0 aliphatic heterocycles. The number of fused-ring (bicyclic) bond motifs is 1. The van der Waals surface area contributed by atoms with Crippen molar-refractivity contribution in [1.29, 1.82) is 0 Å². The van der Waals surface area contributed by atoms with Crippen LogP contribution in [0.2, 0.25) is 0 Å². The molecule has 0 saturated heterocycles. The minimum absolute atomic E-state index is 0.0925. The van der Waals surface area contributed by atoms with Crippen LogP contribution in [-0.2, 0) is 17.6 Å². The molecular weight excluding hydrogens is 405 g/mol. The van der Waals surface area contributed by atoms with Gasteiger partial charge in [0.15, 0.2) is 5.82 Å². The first-order valence-electron chi connectivity index (χ1n) is 10.5. The Morgan fingerprint density at radius 2 is 2.00 bits per heavy atom. The number of aryl methyl sites for hydroxylation is 1. The second-order valence-electron chi connectivity index (χ2n) is 8.17. The predicted octanol–water partition coefficient (Wildman–Crippen LogP) is 5.08. The summed E-state index contributed by atoms with van der Waals surface area (Å²) in [5, 5.41) is 6.24. The number of anilines is 4. The number of carbonyl (C=O) groups is 1. The van der Waals surface area contributed by atoms with Gasteiger partial charge in [0, 0.05) is 38.0 Å². The van der Waals surface area contributed by atoms with Crippen LogP contribution in [0.5, 0.6) is 0 Å². The summed E-state index contributed by atoms with van der Waals surface area (Å²) in [6, 6.07) is 13.2. The highest BCUT2D eigenvalue weighted by atomic mass is 19.1. The van der Waals surface area contributed by atoms with Gasteiger partial charge >= 0.3 is 0 Å². The minimum atomic E-state index is -0.271. The highest BCUT2D eigenvalue weighted by Gasteiger charge is 2.17. The van der Waals surface area contributed by atoms with E-state index in [1.807, 2.05) is 43.3 Å². The van der Waals surface area contributed by atoms with E-state index in [0.29, 0.717) is 35.9 Å². The summed E-state index contributed by atoms with van der Waals surface area (Å²) in [5.74, 6) is 0.712. The molecule has 32 heavy (non-hydrogen) atoms. The van der Waals surface area contributed by atoms with Gasteiger partial charge < -0.3 is 15.5 Å². The van der Waals surface area contributed by atoms with Crippen molar-refractivity contribution >= 4 is 35.1 Å². The molecule has 2 N–H and O–H groups in total. The summed E-state index contributed by atoms with van der Waals surface area (Å²) in [6.45, 7) is 2.00. The molecule has 1 aliphatic carbocycles. The second kappa shape index (κ2) is 9.18. The molecule has 6 nitrogen and oxygen atoms in total. The molecule has 164 valence electrons. The maximum atomic E-state index is 14.9. The molecule has 4 rings (SSSR count). The van der Waals surface area contributed by atoms with E-state index in [1.165, 1.54) is 0 Å². The van der Waals surface area contributed by atoms with E-state index in [1.54, 1.807) is 37.3 Å². The number of nitrogens with one attached hydrogen (secondary N) is 2. The fourth-order valence-corrected chi connectivity index (χ4v) is 3.67. The number of allylic oxidation sites excluding steroid dienone is 1. The van der Waals surface area contributed by atoms with Crippen LogP contribution in [0.1, 0.15) is 30.0 Å². The molecule has 0 spiro atoms. The lowest BCUT2D eigenvalue weighted by Gasteiger charge is -2.12. The number of nitrogens with zero attached hydrogens (tertiary/aromatic N) is 3. The maximum absolute atomic E-state index is 14.9. The van der Waals surface area contributed by atoms with Crippen LogP contribution in [-0.4, -0.2) is 34.9 Å². The van der Waals surface area contributed by atoms with Crippen LogP contribution in [0.4, 0.5) is 27.5 Å². The molecule has 7 heteroatoms. The van der Waals surface area contributed by atoms with E-state index in [9.17, 15) is 9.18 Å². The van der Waals surface area contributed by atoms with Gasteiger partial charge in [-0.05, 0) is 55.2 Å². The van der Waals surface area contributed by atoms with Crippen molar-refractivity contribution in [2.24, 2.45) is 0 Å². The van der Waals surface area contributed by atoms with Crippen LogP contribution >= 0.6 is 0 Å². The molecule has 0 radical (unpaired) electrons. The third kappa shape index (κ3) is 4.94. The first-order chi connectivity index (χ1) is 15.4. The monoisotopic (exact) mass is 431 g/mol. The van der Waals surface area contributed by atoms with E-state index < -0.39 is 0 Å². The van der Waals surface area contributed by atoms with E-state index >= 15 is 0 Å². The first-order valence-corrected chi connectivity index (χ1v) is 10.5. The second-order valence-corrected chi connectivity index (χ2v) is 8.17. The number of amides is 1. The first kappa shape index (κ1) is 21.5. The third-order valence-corrected chi connectivity index (χ3v) is 5.36. The molecule has 0 fully saturated rings. The number of hydrogen-bond donors (Lipinski definition) is 2. The van der Waals surface area contributed by atoms with Gasteiger partial charge in [0.05, 0.1) is 5.69 Å². The van der Waals surface area contributed by atoms with Crippen molar-refractivity contribution in [2.75, 3.05) is 24.7 Å². The zero-order chi connectivity index (χ0) is 22.7. The lowest BCUT2D eigenvalue weighted by molar-refractivity contribution is -0.128. The van der Waals surface area contributed by atoms with Gasteiger partial charge in [0.25, 0.3) is 0 Å². The molecular formula is C25H26FN5O. The Hall–Kier alpha value is -3.74. The molecule has 0 unspecified atom stereocenters. The Bertz CT molecular complexity index is 1190. The largest absolute Gasteiger partial charge is 0.349 e. The number of carbonyl (C=O) groups excluding carboxylic acids is 1. The molecule has 0 atom stereocenters.